The lowest BCUT2D eigenvalue weighted by atomic mass is 10.0. The molecule has 8 nitrogen and oxygen atoms in total. The maximum Gasteiger partial charge on any atom is 0.408 e. The number of rotatable bonds is 7. The van der Waals surface area contributed by atoms with Crippen molar-refractivity contribution in [3.05, 3.63) is 29.8 Å². The fraction of sp³-hybridized carbons (Fsp3) is 0.550. The molecule has 2 amide bonds. The van der Waals surface area contributed by atoms with E-state index >= 15 is 0 Å². The fourth-order valence-electron chi connectivity index (χ4n) is 2.41. The molecule has 8 heteroatoms. The van der Waals surface area contributed by atoms with Gasteiger partial charge in [-0.2, -0.15) is 0 Å². The minimum atomic E-state index is -0.981. The molecule has 1 aromatic carbocycles. The minimum absolute atomic E-state index is 0.0930. The first kappa shape index (κ1) is 23.3. The van der Waals surface area contributed by atoms with Crippen LogP contribution in [0.3, 0.4) is 0 Å². The number of alkyl carbamates (subject to hydrolysis) is 1. The van der Waals surface area contributed by atoms with Crippen molar-refractivity contribution in [3.63, 3.8) is 0 Å². The SMILES string of the molecule is COC(=O)[C@@H](NC(=O)[C@H](Cc1ccc(O)cc1)NC(=O)OC(C)(C)C)C(C)C. The van der Waals surface area contributed by atoms with Crippen molar-refractivity contribution < 1.29 is 29.0 Å². The van der Waals surface area contributed by atoms with Crippen molar-refractivity contribution >= 4 is 18.0 Å². The summed E-state index contributed by atoms with van der Waals surface area (Å²) < 4.78 is 9.97. The summed E-state index contributed by atoms with van der Waals surface area (Å²) in [5, 5.41) is 14.6. The Kier molecular flexibility index (Phi) is 8.28. The lowest BCUT2D eigenvalue weighted by Gasteiger charge is -2.26. The van der Waals surface area contributed by atoms with E-state index in [9.17, 15) is 19.5 Å². The second-order valence-electron chi connectivity index (χ2n) is 7.82. The third-order valence-electron chi connectivity index (χ3n) is 3.80. The van der Waals surface area contributed by atoms with Gasteiger partial charge in [-0.05, 0) is 44.4 Å². The molecular weight excluding hydrogens is 364 g/mol. The third-order valence-corrected chi connectivity index (χ3v) is 3.80. The van der Waals surface area contributed by atoms with Crippen LogP contribution in [0.15, 0.2) is 24.3 Å². The summed E-state index contributed by atoms with van der Waals surface area (Å²) in [6.07, 6.45) is -0.595. The zero-order chi connectivity index (χ0) is 21.5. The number of nitrogens with one attached hydrogen (secondary N) is 2. The predicted octanol–water partition coefficient (Wildman–Crippen LogP) is 2.14. The molecule has 28 heavy (non-hydrogen) atoms. The minimum Gasteiger partial charge on any atom is -0.508 e. The number of hydrogen-bond acceptors (Lipinski definition) is 6. The fourth-order valence-corrected chi connectivity index (χ4v) is 2.41. The molecule has 2 atom stereocenters. The van der Waals surface area contributed by atoms with Crippen molar-refractivity contribution in [1.82, 2.24) is 10.6 Å². The molecule has 0 fully saturated rings. The van der Waals surface area contributed by atoms with Crippen LogP contribution in [0.2, 0.25) is 0 Å². The zero-order valence-electron chi connectivity index (χ0n) is 17.2. The van der Waals surface area contributed by atoms with Crippen molar-refractivity contribution in [1.29, 1.82) is 0 Å². The molecule has 0 spiro atoms. The van der Waals surface area contributed by atoms with Crippen LogP contribution in [0.4, 0.5) is 4.79 Å². The van der Waals surface area contributed by atoms with Crippen molar-refractivity contribution in [2.45, 2.75) is 58.7 Å². The molecule has 1 rings (SSSR count). The van der Waals surface area contributed by atoms with Crippen LogP contribution in [-0.4, -0.2) is 47.9 Å². The first-order valence-corrected chi connectivity index (χ1v) is 9.08. The molecule has 0 aromatic heterocycles. The van der Waals surface area contributed by atoms with Gasteiger partial charge in [-0.3, -0.25) is 4.79 Å². The van der Waals surface area contributed by atoms with Gasteiger partial charge in [-0.25, -0.2) is 9.59 Å². The topological polar surface area (TPSA) is 114 Å². The van der Waals surface area contributed by atoms with Gasteiger partial charge in [-0.15, -0.1) is 0 Å². The first-order valence-electron chi connectivity index (χ1n) is 9.08. The standard InChI is InChI=1S/C20H30N2O6/c1-12(2)16(18(25)27-6)22-17(24)15(21-19(26)28-20(3,4)5)11-13-7-9-14(23)10-8-13/h7-10,12,15-16,23H,11H2,1-6H3,(H,21,26)(H,22,24)/t15-,16-/m0/s1. The van der Waals surface area contributed by atoms with Crippen molar-refractivity contribution in [3.8, 4) is 5.75 Å². The largest absolute Gasteiger partial charge is 0.508 e. The second-order valence-corrected chi connectivity index (χ2v) is 7.82. The van der Waals surface area contributed by atoms with Gasteiger partial charge in [0.25, 0.3) is 0 Å². The Morgan fingerprint density at radius 3 is 2.11 bits per heavy atom. The number of carbonyl (C=O) groups is 3. The summed E-state index contributed by atoms with van der Waals surface area (Å²) in [5.74, 6) is -1.21. The Balaban J connectivity index is 3.00. The van der Waals surface area contributed by atoms with Crippen LogP contribution < -0.4 is 10.6 Å². The highest BCUT2D eigenvalue weighted by atomic mass is 16.6. The summed E-state index contributed by atoms with van der Waals surface area (Å²) in [4.78, 5) is 36.9. The van der Waals surface area contributed by atoms with Gasteiger partial charge in [0, 0.05) is 6.42 Å². The van der Waals surface area contributed by atoms with E-state index in [2.05, 4.69) is 10.6 Å². The second kappa shape index (κ2) is 9.96. The Morgan fingerprint density at radius 2 is 1.64 bits per heavy atom. The quantitative estimate of drug-likeness (QED) is 0.611. The molecule has 0 aliphatic heterocycles. The summed E-state index contributed by atoms with van der Waals surface area (Å²) in [7, 11) is 1.25. The van der Waals surface area contributed by atoms with E-state index in [-0.39, 0.29) is 18.1 Å². The van der Waals surface area contributed by atoms with Crippen LogP contribution in [0, 0.1) is 5.92 Å². The zero-order valence-corrected chi connectivity index (χ0v) is 17.2. The van der Waals surface area contributed by atoms with Gasteiger partial charge in [0.15, 0.2) is 0 Å². The monoisotopic (exact) mass is 394 g/mol. The third kappa shape index (κ3) is 7.85. The first-order chi connectivity index (χ1) is 12.9. The molecule has 0 aliphatic carbocycles. The van der Waals surface area contributed by atoms with E-state index in [1.54, 1.807) is 46.8 Å². The molecule has 0 unspecified atom stereocenters. The highest BCUT2D eigenvalue weighted by molar-refractivity contribution is 5.90. The number of amides is 2. The van der Waals surface area contributed by atoms with Crippen LogP contribution in [0.1, 0.15) is 40.2 Å². The summed E-state index contributed by atoms with van der Waals surface area (Å²) in [6.45, 7) is 8.70. The van der Waals surface area contributed by atoms with Crippen LogP contribution in [0.25, 0.3) is 0 Å². The van der Waals surface area contributed by atoms with Gasteiger partial charge < -0.3 is 25.2 Å². The van der Waals surface area contributed by atoms with E-state index in [4.69, 9.17) is 9.47 Å². The number of esters is 1. The van der Waals surface area contributed by atoms with Gasteiger partial charge in [-0.1, -0.05) is 26.0 Å². The van der Waals surface area contributed by atoms with Gasteiger partial charge in [0.2, 0.25) is 5.91 Å². The van der Waals surface area contributed by atoms with Gasteiger partial charge in [0.1, 0.15) is 23.4 Å². The molecule has 0 heterocycles. The van der Waals surface area contributed by atoms with Crippen molar-refractivity contribution in [2.75, 3.05) is 7.11 Å². The molecule has 0 saturated heterocycles. The Morgan fingerprint density at radius 1 is 1.07 bits per heavy atom. The summed E-state index contributed by atoms with van der Waals surface area (Å²) in [6, 6.07) is 4.44. The van der Waals surface area contributed by atoms with E-state index in [1.807, 2.05) is 0 Å². The molecule has 3 N–H and O–H groups in total. The Bertz CT molecular complexity index is 679. The van der Waals surface area contributed by atoms with E-state index in [1.165, 1.54) is 19.2 Å². The van der Waals surface area contributed by atoms with Gasteiger partial charge in [0.05, 0.1) is 7.11 Å². The van der Waals surface area contributed by atoms with E-state index in [0.29, 0.717) is 5.56 Å². The highest BCUT2D eigenvalue weighted by Crippen LogP contribution is 2.13. The molecule has 0 bridgehead atoms. The number of benzene rings is 1. The highest BCUT2D eigenvalue weighted by Gasteiger charge is 2.30. The summed E-state index contributed by atoms with van der Waals surface area (Å²) >= 11 is 0. The average molecular weight is 394 g/mol. The average Bonchev–Trinajstić information content (AvgIpc) is 2.58. The number of phenolic OH excluding ortho intramolecular Hbond substituents is 1. The number of aromatic hydroxyl groups is 1. The maximum absolute atomic E-state index is 12.8. The van der Waals surface area contributed by atoms with E-state index < -0.39 is 35.7 Å². The smallest absolute Gasteiger partial charge is 0.408 e. The van der Waals surface area contributed by atoms with Crippen molar-refractivity contribution in [2.24, 2.45) is 5.92 Å². The summed E-state index contributed by atoms with van der Waals surface area (Å²) in [5.41, 5.74) is -0.0102. The predicted molar refractivity (Wildman–Crippen MR) is 104 cm³/mol. The molecule has 0 saturated carbocycles. The lowest BCUT2D eigenvalue weighted by Crippen LogP contribution is -2.54. The van der Waals surface area contributed by atoms with E-state index in [0.717, 1.165) is 0 Å². The number of methoxy groups -OCH3 is 1. The Labute approximate surface area is 165 Å². The van der Waals surface area contributed by atoms with Crippen LogP contribution in [0.5, 0.6) is 5.75 Å². The van der Waals surface area contributed by atoms with Gasteiger partial charge >= 0.3 is 12.1 Å². The number of hydrogen-bond donors (Lipinski definition) is 3. The molecule has 0 aliphatic rings. The molecule has 156 valence electrons. The molecule has 1 aromatic rings. The lowest BCUT2D eigenvalue weighted by molar-refractivity contribution is -0.146. The van der Waals surface area contributed by atoms with Crippen LogP contribution in [-0.2, 0) is 25.5 Å². The molecule has 0 radical (unpaired) electrons. The number of ether oxygens (including phenoxy) is 2. The normalized spacial score (nSPS) is 13.4. The molecular formula is C20H30N2O6. The number of phenols is 1. The number of carbonyl (C=O) groups excluding carboxylic acids is 3. The maximum atomic E-state index is 12.8. The van der Waals surface area contributed by atoms with Crippen LogP contribution >= 0.6 is 0 Å². The Hall–Kier alpha value is -2.77.